The fourth-order valence-corrected chi connectivity index (χ4v) is 3.51. The summed E-state index contributed by atoms with van der Waals surface area (Å²) in [6.07, 6.45) is 6.51. The number of nitrogens with two attached hydrogens (primary N) is 1. The molecule has 1 aliphatic carbocycles. The van der Waals surface area contributed by atoms with Crippen molar-refractivity contribution in [3.05, 3.63) is 36.0 Å². The van der Waals surface area contributed by atoms with Gasteiger partial charge < -0.3 is 15.6 Å². The van der Waals surface area contributed by atoms with Gasteiger partial charge in [0.2, 0.25) is 0 Å². The zero-order valence-corrected chi connectivity index (χ0v) is 12.5. The van der Waals surface area contributed by atoms with E-state index in [1.807, 2.05) is 42.4 Å². The Balaban J connectivity index is 1.82. The minimum absolute atomic E-state index is 0.0943. The predicted octanol–water partition coefficient (Wildman–Crippen LogP) is 2.76. The highest BCUT2D eigenvalue weighted by Crippen LogP contribution is 2.28. The summed E-state index contributed by atoms with van der Waals surface area (Å²) in [5.74, 6) is 0.527. The summed E-state index contributed by atoms with van der Waals surface area (Å²) in [4.78, 5) is 17.8. The van der Waals surface area contributed by atoms with Gasteiger partial charge in [-0.1, -0.05) is 18.9 Å². The van der Waals surface area contributed by atoms with Gasteiger partial charge in [-0.25, -0.2) is 0 Å². The van der Waals surface area contributed by atoms with Gasteiger partial charge in [-0.05, 0) is 48.9 Å². The number of aromatic nitrogens is 1. The summed E-state index contributed by atoms with van der Waals surface area (Å²) in [5.41, 5.74) is 7.64. The van der Waals surface area contributed by atoms with Crippen molar-refractivity contribution in [1.82, 2.24) is 9.88 Å². The number of hydrogen-bond donors (Lipinski definition) is 2. The van der Waals surface area contributed by atoms with Gasteiger partial charge in [0.05, 0.1) is 0 Å². The summed E-state index contributed by atoms with van der Waals surface area (Å²) in [7, 11) is 1.92. The molecule has 1 amide bonds. The molecule has 4 heteroatoms. The number of aromatic amines is 1. The fourth-order valence-electron chi connectivity index (χ4n) is 3.51. The third kappa shape index (κ3) is 2.68. The Morgan fingerprint density at radius 1 is 1.33 bits per heavy atom. The van der Waals surface area contributed by atoms with Gasteiger partial charge in [0.15, 0.2) is 0 Å². The van der Waals surface area contributed by atoms with E-state index in [2.05, 4.69) is 4.98 Å². The minimum atomic E-state index is 0.0943. The molecule has 2 atom stereocenters. The van der Waals surface area contributed by atoms with Gasteiger partial charge >= 0.3 is 0 Å². The molecule has 4 nitrogen and oxygen atoms in total. The number of nitrogens with one attached hydrogen (secondary N) is 1. The second-order valence-electron chi connectivity index (χ2n) is 6.04. The second kappa shape index (κ2) is 5.90. The van der Waals surface area contributed by atoms with Crippen LogP contribution in [-0.4, -0.2) is 35.4 Å². The molecule has 1 aliphatic rings. The summed E-state index contributed by atoms with van der Waals surface area (Å²) < 4.78 is 0. The van der Waals surface area contributed by atoms with Gasteiger partial charge in [0, 0.05) is 30.4 Å². The van der Waals surface area contributed by atoms with Crippen LogP contribution in [0.4, 0.5) is 0 Å². The smallest absolute Gasteiger partial charge is 0.253 e. The van der Waals surface area contributed by atoms with Crippen LogP contribution in [0.25, 0.3) is 10.9 Å². The molecule has 1 saturated carbocycles. The zero-order valence-electron chi connectivity index (χ0n) is 12.5. The maximum absolute atomic E-state index is 12.7. The average Bonchev–Trinajstić information content (AvgIpc) is 3.00. The Morgan fingerprint density at radius 2 is 2.14 bits per heavy atom. The highest BCUT2D eigenvalue weighted by Gasteiger charge is 2.30. The van der Waals surface area contributed by atoms with Crippen LogP contribution in [0.3, 0.4) is 0 Å². The molecule has 2 unspecified atom stereocenters. The number of carbonyl (C=O) groups excluding carboxylic acids is 1. The molecule has 0 saturated heterocycles. The minimum Gasteiger partial charge on any atom is -0.361 e. The molecule has 0 radical (unpaired) electrons. The molecule has 0 aliphatic heterocycles. The molecule has 3 N–H and O–H groups in total. The molecule has 112 valence electrons. The maximum atomic E-state index is 12.7. The third-order valence-corrected chi connectivity index (χ3v) is 4.79. The van der Waals surface area contributed by atoms with Crippen molar-refractivity contribution in [2.75, 3.05) is 13.6 Å². The Labute approximate surface area is 125 Å². The van der Waals surface area contributed by atoms with Crippen LogP contribution in [0.15, 0.2) is 30.5 Å². The van der Waals surface area contributed by atoms with Crippen molar-refractivity contribution >= 4 is 16.8 Å². The standard InChI is InChI=1S/C17H23N3O/c1-20(16-5-3-2-4-14(16)11-18)17(21)13-7-6-12-8-9-19-15(12)10-13/h6-10,14,16,19H,2-5,11,18H2,1H3. The van der Waals surface area contributed by atoms with E-state index in [1.54, 1.807) is 0 Å². The molecular weight excluding hydrogens is 262 g/mol. The first-order valence-electron chi connectivity index (χ1n) is 7.75. The summed E-state index contributed by atoms with van der Waals surface area (Å²) >= 11 is 0. The molecule has 1 aromatic heterocycles. The second-order valence-corrected chi connectivity index (χ2v) is 6.04. The van der Waals surface area contributed by atoms with E-state index < -0.39 is 0 Å². The number of hydrogen-bond acceptors (Lipinski definition) is 2. The molecule has 21 heavy (non-hydrogen) atoms. The van der Waals surface area contributed by atoms with Crippen LogP contribution in [0.2, 0.25) is 0 Å². The Bertz CT molecular complexity index is 634. The topological polar surface area (TPSA) is 62.1 Å². The Hall–Kier alpha value is -1.81. The monoisotopic (exact) mass is 285 g/mol. The van der Waals surface area contributed by atoms with Gasteiger partial charge in [-0.3, -0.25) is 4.79 Å². The van der Waals surface area contributed by atoms with E-state index in [0.717, 1.165) is 29.3 Å². The number of H-pyrrole nitrogens is 1. The van der Waals surface area contributed by atoms with Crippen LogP contribution in [0, 0.1) is 5.92 Å². The van der Waals surface area contributed by atoms with Crippen LogP contribution in [-0.2, 0) is 0 Å². The lowest BCUT2D eigenvalue weighted by Gasteiger charge is -2.37. The van der Waals surface area contributed by atoms with Gasteiger partial charge in [0.25, 0.3) is 5.91 Å². The SMILES string of the molecule is CN(C(=O)c1ccc2cc[nH]c2c1)C1CCCCC1CN. The van der Waals surface area contributed by atoms with E-state index in [9.17, 15) is 4.79 Å². The molecule has 2 aromatic rings. The molecule has 1 heterocycles. The first-order chi connectivity index (χ1) is 10.2. The summed E-state index contributed by atoms with van der Waals surface area (Å²) in [5, 5.41) is 1.13. The van der Waals surface area contributed by atoms with E-state index in [-0.39, 0.29) is 11.9 Å². The fraction of sp³-hybridized carbons (Fsp3) is 0.471. The van der Waals surface area contributed by atoms with E-state index in [0.29, 0.717) is 12.5 Å². The first-order valence-corrected chi connectivity index (χ1v) is 7.75. The zero-order chi connectivity index (χ0) is 14.8. The number of nitrogens with zero attached hydrogens (tertiary/aromatic N) is 1. The normalized spacial score (nSPS) is 22.4. The van der Waals surface area contributed by atoms with Crippen LogP contribution < -0.4 is 5.73 Å². The predicted molar refractivity (Wildman–Crippen MR) is 85.2 cm³/mol. The van der Waals surface area contributed by atoms with Gasteiger partial charge in [-0.15, -0.1) is 0 Å². The number of rotatable bonds is 3. The quantitative estimate of drug-likeness (QED) is 0.911. The number of amides is 1. The van der Waals surface area contributed by atoms with Crippen molar-refractivity contribution in [3.63, 3.8) is 0 Å². The number of carbonyl (C=O) groups is 1. The third-order valence-electron chi connectivity index (χ3n) is 4.79. The Morgan fingerprint density at radius 3 is 2.95 bits per heavy atom. The molecule has 1 fully saturated rings. The van der Waals surface area contributed by atoms with Gasteiger partial charge in [-0.2, -0.15) is 0 Å². The average molecular weight is 285 g/mol. The molecule has 0 bridgehead atoms. The largest absolute Gasteiger partial charge is 0.361 e. The van der Waals surface area contributed by atoms with E-state index in [4.69, 9.17) is 5.73 Å². The number of benzene rings is 1. The number of fused-ring (bicyclic) bond motifs is 1. The van der Waals surface area contributed by atoms with Crippen molar-refractivity contribution in [2.24, 2.45) is 11.7 Å². The van der Waals surface area contributed by atoms with Crippen molar-refractivity contribution in [1.29, 1.82) is 0 Å². The van der Waals surface area contributed by atoms with Crippen molar-refractivity contribution < 1.29 is 4.79 Å². The summed E-state index contributed by atoms with van der Waals surface area (Å²) in [6, 6.07) is 8.13. The van der Waals surface area contributed by atoms with Crippen LogP contribution >= 0.6 is 0 Å². The van der Waals surface area contributed by atoms with E-state index in [1.165, 1.54) is 12.8 Å². The van der Waals surface area contributed by atoms with E-state index >= 15 is 0 Å². The molecular formula is C17H23N3O. The van der Waals surface area contributed by atoms with Crippen molar-refractivity contribution in [2.45, 2.75) is 31.7 Å². The molecule has 0 spiro atoms. The van der Waals surface area contributed by atoms with Crippen LogP contribution in [0.1, 0.15) is 36.0 Å². The van der Waals surface area contributed by atoms with Crippen molar-refractivity contribution in [3.8, 4) is 0 Å². The lowest BCUT2D eigenvalue weighted by atomic mass is 9.83. The molecule has 3 rings (SSSR count). The highest BCUT2D eigenvalue weighted by atomic mass is 16.2. The first kappa shape index (κ1) is 14.1. The van der Waals surface area contributed by atoms with Crippen LogP contribution in [0.5, 0.6) is 0 Å². The lowest BCUT2D eigenvalue weighted by Crippen LogP contribution is -2.45. The highest BCUT2D eigenvalue weighted by molar-refractivity contribution is 5.98. The maximum Gasteiger partial charge on any atom is 0.253 e. The molecule has 1 aromatic carbocycles. The van der Waals surface area contributed by atoms with Gasteiger partial charge in [0.1, 0.15) is 0 Å². The lowest BCUT2D eigenvalue weighted by molar-refractivity contribution is 0.0620. The Kier molecular flexibility index (Phi) is 3.97. The summed E-state index contributed by atoms with van der Waals surface area (Å²) in [6.45, 7) is 0.665.